The number of anilines is 2. The van der Waals surface area contributed by atoms with Crippen LogP contribution in [0.25, 0.3) is 0 Å². The second-order valence-corrected chi connectivity index (χ2v) is 7.36. The van der Waals surface area contributed by atoms with E-state index in [9.17, 15) is 9.59 Å². The highest BCUT2D eigenvalue weighted by molar-refractivity contribution is 7.84. The molecule has 0 bridgehead atoms. The number of carbonyl (C=O) groups excluding carboxylic acids is 2. The van der Waals surface area contributed by atoms with Crippen molar-refractivity contribution in [1.82, 2.24) is 0 Å². The van der Waals surface area contributed by atoms with Crippen molar-refractivity contribution < 1.29 is 9.59 Å². The van der Waals surface area contributed by atoms with Gasteiger partial charge in [0.1, 0.15) is 6.04 Å². The number of amides is 2. The van der Waals surface area contributed by atoms with Gasteiger partial charge in [-0.15, -0.1) is 24.0 Å². The molecule has 2 aromatic rings. The van der Waals surface area contributed by atoms with Crippen molar-refractivity contribution in [3.05, 3.63) is 57.3 Å². The molecule has 142 valence electrons. The molecule has 0 aliphatic carbocycles. The Morgan fingerprint density at radius 3 is 2.63 bits per heavy atom. The van der Waals surface area contributed by atoms with E-state index in [-0.39, 0.29) is 5.56 Å². The Morgan fingerprint density at radius 2 is 2.07 bits per heavy atom. The van der Waals surface area contributed by atoms with Gasteiger partial charge in [0.2, 0.25) is 5.91 Å². The number of nitrogens with two attached hydrogens (primary N) is 2. The molecule has 0 radical (unpaired) electrons. The monoisotopic (exact) mass is 403 g/mol. The standard InChI is InChI=1S/C18H21N5O2S2/c1-10(19)7-16(26)23-14-8-11(4-5-13(14)17(20)24)22-15(18(21)25)9-12-3-2-6-27-12/h2-8,15,19,22-23,26H,9H2,1H3,(H2,20,24)(H2,21,25)/b16-7-,19-10?/t15-/m1/s1. The number of thiophene rings is 1. The predicted molar refractivity (Wildman–Crippen MR) is 114 cm³/mol. The van der Waals surface area contributed by atoms with Gasteiger partial charge in [0.15, 0.2) is 0 Å². The van der Waals surface area contributed by atoms with Gasteiger partial charge in [0, 0.05) is 22.7 Å². The Hall–Kier alpha value is -2.78. The maximum Gasteiger partial charge on any atom is 0.250 e. The molecule has 9 heteroatoms. The summed E-state index contributed by atoms with van der Waals surface area (Å²) in [5.41, 5.74) is 12.5. The summed E-state index contributed by atoms with van der Waals surface area (Å²) in [4.78, 5) is 24.5. The van der Waals surface area contributed by atoms with Crippen LogP contribution in [0.15, 0.2) is 46.8 Å². The first kappa shape index (κ1) is 20.5. The van der Waals surface area contributed by atoms with Crippen LogP contribution in [-0.4, -0.2) is 23.6 Å². The Labute approximate surface area is 166 Å². The molecule has 1 aromatic carbocycles. The number of hydrogen-bond donors (Lipinski definition) is 6. The summed E-state index contributed by atoms with van der Waals surface area (Å²) in [6.45, 7) is 1.60. The highest BCUT2D eigenvalue weighted by atomic mass is 32.1. The molecule has 0 aliphatic rings. The molecule has 0 fully saturated rings. The van der Waals surface area contributed by atoms with E-state index in [4.69, 9.17) is 16.9 Å². The van der Waals surface area contributed by atoms with Crippen LogP contribution in [0, 0.1) is 5.41 Å². The largest absolute Gasteiger partial charge is 0.373 e. The third kappa shape index (κ3) is 6.15. The van der Waals surface area contributed by atoms with E-state index in [0.717, 1.165) is 4.88 Å². The Balaban J connectivity index is 2.28. The lowest BCUT2D eigenvalue weighted by atomic mass is 10.1. The second kappa shape index (κ2) is 9.24. The van der Waals surface area contributed by atoms with Crippen LogP contribution in [0.3, 0.4) is 0 Å². The first-order chi connectivity index (χ1) is 12.8. The number of hydrogen-bond acceptors (Lipinski definition) is 7. The van der Waals surface area contributed by atoms with Crippen molar-refractivity contribution in [1.29, 1.82) is 5.41 Å². The van der Waals surface area contributed by atoms with E-state index in [2.05, 4.69) is 23.3 Å². The lowest BCUT2D eigenvalue weighted by Crippen LogP contribution is -2.37. The van der Waals surface area contributed by atoms with Crippen molar-refractivity contribution in [3.63, 3.8) is 0 Å². The molecule has 1 atom stereocenters. The zero-order valence-corrected chi connectivity index (χ0v) is 16.4. The fourth-order valence-corrected chi connectivity index (χ4v) is 3.45. The highest BCUT2D eigenvalue weighted by Crippen LogP contribution is 2.24. The van der Waals surface area contributed by atoms with E-state index >= 15 is 0 Å². The summed E-state index contributed by atoms with van der Waals surface area (Å²) in [5, 5.41) is 15.8. The molecule has 27 heavy (non-hydrogen) atoms. The number of benzene rings is 1. The molecule has 2 rings (SSSR count). The number of primary amides is 2. The zero-order valence-electron chi connectivity index (χ0n) is 14.7. The van der Waals surface area contributed by atoms with Crippen molar-refractivity contribution >= 4 is 52.9 Å². The molecule has 0 saturated carbocycles. The third-order valence-corrected chi connectivity index (χ3v) is 4.71. The Bertz CT molecular complexity index is 878. The van der Waals surface area contributed by atoms with Crippen LogP contribution in [-0.2, 0) is 11.2 Å². The molecule has 7 N–H and O–H groups in total. The number of carbonyl (C=O) groups is 2. The lowest BCUT2D eigenvalue weighted by molar-refractivity contribution is -0.118. The average Bonchev–Trinajstić information content (AvgIpc) is 3.06. The van der Waals surface area contributed by atoms with Gasteiger partial charge in [-0.2, -0.15) is 0 Å². The molecule has 1 heterocycles. The van der Waals surface area contributed by atoms with E-state index in [1.807, 2.05) is 17.5 Å². The lowest BCUT2D eigenvalue weighted by Gasteiger charge is -2.18. The maximum absolute atomic E-state index is 11.8. The fourth-order valence-electron chi connectivity index (χ4n) is 2.39. The Morgan fingerprint density at radius 1 is 1.33 bits per heavy atom. The van der Waals surface area contributed by atoms with E-state index in [1.54, 1.807) is 36.5 Å². The predicted octanol–water partition coefficient (Wildman–Crippen LogP) is 2.58. The first-order valence-electron chi connectivity index (χ1n) is 8.01. The van der Waals surface area contributed by atoms with Crippen LogP contribution >= 0.6 is 24.0 Å². The molecular formula is C18H21N5O2S2. The number of rotatable bonds is 9. The van der Waals surface area contributed by atoms with E-state index in [0.29, 0.717) is 28.5 Å². The molecule has 2 amide bonds. The molecule has 0 unspecified atom stereocenters. The summed E-state index contributed by atoms with van der Waals surface area (Å²) in [5.74, 6) is -1.09. The minimum atomic E-state index is -0.609. The van der Waals surface area contributed by atoms with Gasteiger partial charge in [0.25, 0.3) is 5.91 Å². The van der Waals surface area contributed by atoms with Gasteiger partial charge in [-0.25, -0.2) is 0 Å². The van der Waals surface area contributed by atoms with Crippen molar-refractivity contribution in [2.24, 2.45) is 11.5 Å². The van der Waals surface area contributed by atoms with Crippen LogP contribution in [0.2, 0.25) is 0 Å². The van der Waals surface area contributed by atoms with Gasteiger partial charge < -0.3 is 27.5 Å². The number of nitrogens with one attached hydrogen (secondary N) is 3. The van der Waals surface area contributed by atoms with Gasteiger partial charge in [0.05, 0.1) is 16.3 Å². The summed E-state index contributed by atoms with van der Waals surface area (Å²) < 4.78 is 0. The summed E-state index contributed by atoms with van der Waals surface area (Å²) in [7, 11) is 0. The fraction of sp³-hybridized carbons (Fsp3) is 0.167. The van der Waals surface area contributed by atoms with Crippen LogP contribution < -0.4 is 22.1 Å². The smallest absolute Gasteiger partial charge is 0.250 e. The quantitative estimate of drug-likeness (QED) is 0.283. The maximum atomic E-state index is 11.8. The Kier molecular flexibility index (Phi) is 7.03. The topological polar surface area (TPSA) is 134 Å². The van der Waals surface area contributed by atoms with E-state index < -0.39 is 17.9 Å². The van der Waals surface area contributed by atoms with Gasteiger partial charge in [-0.1, -0.05) is 6.07 Å². The number of allylic oxidation sites excluding steroid dienone is 1. The van der Waals surface area contributed by atoms with E-state index in [1.165, 1.54) is 6.08 Å². The molecule has 1 aromatic heterocycles. The van der Waals surface area contributed by atoms with Crippen molar-refractivity contribution in [2.45, 2.75) is 19.4 Å². The van der Waals surface area contributed by atoms with Crippen molar-refractivity contribution in [3.8, 4) is 0 Å². The molecule has 0 aliphatic heterocycles. The molecule has 0 saturated heterocycles. The van der Waals surface area contributed by atoms with Crippen LogP contribution in [0.4, 0.5) is 11.4 Å². The van der Waals surface area contributed by atoms with Gasteiger partial charge >= 0.3 is 0 Å². The first-order valence-corrected chi connectivity index (χ1v) is 9.34. The highest BCUT2D eigenvalue weighted by Gasteiger charge is 2.18. The summed E-state index contributed by atoms with van der Waals surface area (Å²) in [6.07, 6.45) is 1.95. The molecular weight excluding hydrogens is 382 g/mol. The molecule has 7 nitrogen and oxygen atoms in total. The molecule has 0 spiro atoms. The normalized spacial score (nSPS) is 12.3. The minimum absolute atomic E-state index is 0.261. The van der Waals surface area contributed by atoms with Crippen LogP contribution in [0.5, 0.6) is 0 Å². The third-order valence-electron chi connectivity index (χ3n) is 3.57. The zero-order chi connectivity index (χ0) is 20.0. The van der Waals surface area contributed by atoms with Gasteiger partial charge in [-0.3, -0.25) is 9.59 Å². The number of thiol groups is 1. The SMILES string of the molecule is CC(=N)/C=C(\S)Nc1cc(N[C@H](Cc2cccs2)C(N)=O)ccc1C(N)=O. The summed E-state index contributed by atoms with van der Waals surface area (Å²) >= 11 is 5.80. The second-order valence-electron chi connectivity index (χ2n) is 5.84. The average molecular weight is 404 g/mol. The van der Waals surface area contributed by atoms with Gasteiger partial charge in [-0.05, 0) is 42.6 Å². The summed E-state index contributed by atoms with van der Waals surface area (Å²) in [6, 6.07) is 8.09. The minimum Gasteiger partial charge on any atom is -0.373 e. The van der Waals surface area contributed by atoms with Crippen LogP contribution in [0.1, 0.15) is 22.2 Å². The van der Waals surface area contributed by atoms with Crippen molar-refractivity contribution in [2.75, 3.05) is 10.6 Å².